The zero-order valence-corrected chi connectivity index (χ0v) is 15.9. The first kappa shape index (κ1) is 18.4. The topological polar surface area (TPSA) is 95.2 Å². The van der Waals surface area contributed by atoms with Gasteiger partial charge in [-0.2, -0.15) is 5.26 Å². The van der Waals surface area contributed by atoms with E-state index in [0.29, 0.717) is 14.5 Å². The van der Waals surface area contributed by atoms with Gasteiger partial charge in [-0.15, -0.1) is 0 Å². The smallest absolute Gasteiger partial charge is 0.335 e. The molecular weight excluding hydrogens is 462 g/mol. The maximum absolute atomic E-state index is 12.7. The summed E-state index contributed by atoms with van der Waals surface area (Å²) in [5.41, 5.74) is 0.481. The first-order valence-electron chi connectivity index (χ1n) is 6.41. The number of sulfone groups is 1. The molecule has 0 saturated carbocycles. The number of halogens is 2. The normalized spacial score (nSPS) is 11.8. The monoisotopic (exact) mass is 469 g/mol. The number of rotatable bonds is 4. The standard InChI is InChI=1S/C16H9Br2NO4S/c17-12-5-6-14(18)15(8-12)24(22,23)13(9-19)7-10-1-3-11(4-2-10)16(20)21/h1-8H,(H,20,21)/b13-7+. The Morgan fingerprint density at radius 1 is 1.12 bits per heavy atom. The van der Waals surface area contributed by atoms with Gasteiger partial charge in [0.2, 0.25) is 9.84 Å². The number of carboxylic acids is 1. The molecule has 5 nitrogen and oxygen atoms in total. The summed E-state index contributed by atoms with van der Waals surface area (Å²) in [4.78, 5) is 10.4. The molecule has 8 heteroatoms. The van der Waals surface area contributed by atoms with E-state index in [4.69, 9.17) is 5.11 Å². The van der Waals surface area contributed by atoms with Crippen molar-refractivity contribution in [1.82, 2.24) is 0 Å². The maximum atomic E-state index is 12.7. The minimum Gasteiger partial charge on any atom is -0.478 e. The average molecular weight is 471 g/mol. The quantitative estimate of drug-likeness (QED) is 0.674. The van der Waals surface area contributed by atoms with Gasteiger partial charge in [0.1, 0.15) is 11.0 Å². The van der Waals surface area contributed by atoms with Crippen molar-refractivity contribution < 1.29 is 18.3 Å². The molecule has 0 atom stereocenters. The lowest BCUT2D eigenvalue weighted by atomic mass is 10.1. The van der Waals surface area contributed by atoms with Crippen molar-refractivity contribution in [1.29, 1.82) is 5.26 Å². The van der Waals surface area contributed by atoms with Gasteiger partial charge in [-0.25, -0.2) is 13.2 Å². The molecule has 0 aliphatic heterocycles. The number of nitrogens with zero attached hydrogens (tertiary/aromatic N) is 1. The van der Waals surface area contributed by atoms with Gasteiger partial charge in [-0.3, -0.25) is 0 Å². The number of allylic oxidation sites excluding steroid dienone is 1. The predicted molar refractivity (Wildman–Crippen MR) is 96.0 cm³/mol. The highest BCUT2D eigenvalue weighted by molar-refractivity contribution is 9.11. The van der Waals surface area contributed by atoms with E-state index in [-0.39, 0.29) is 10.5 Å². The van der Waals surface area contributed by atoms with Crippen LogP contribution in [-0.4, -0.2) is 19.5 Å². The fourth-order valence-electron chi connectivity index (χ4n) is 1.84. The number of nitriles is 1. The number of benzene rings is 2. The van der Waals surface area contributed by atoms with E-state index in [1.807, 2.05) is 0 Å². The van der Waals surface area contributed by atoms with Gasteiger partial charge in [0, 0.05) is 8.95 Å². The van der Waals surface area contributed by atoms with E-state index in [2.05, 4.69) is 31.9 Å². The molecule has 2 aromatic rings. The molecule has 0 aliphatic rings. The van der Waals surface area contributed by atoms with Crippen LogP contribution in [-0.2, 0) is 9.84 Å². The van der Waals surface area contributed by atoms with Gasteiger partial charge in [0.05, 0.1) is 10.5 Å². The summed E-state index contributed by atoms with van der Waals surface area (Å²) in [7, 11) is -4.02. The minimum absolute atomic E-state index is 0.0353. The van der Waals surface area contributed by atoms with Crippen molar-refractivity contribution in [3.8, 4) is 6.07 Å². The highest BCUT2D eigenvalue weighted by Crippen LogP contribution is 2.30. The highest BCUT2D eigenvalue weighted by atomic mass is 79.9. The van der Waals surface area contributed by atoms with Gasteiger partial charge in [0.25, 0.3) is 0 Å². The van der Waals surface area contributed by atoms with Crippen LogP contribution in [0.1, 0.15) is 15.9 Å². The van der Waals surface area contributed by atoms with Crippen LogP contribution >= 0.6 is 31.9 Å². The minimum atomic E-state index is -4.02. The Labute approximate surface area is 155 Å². The van der Waals surface area contributed by atoms with Crippen molar-refractivity contribution in [3.63, 3.8) is 0 Å². The first-order valence-corrected chi connectivity index (χ1v) is 9.48. The first-order chi connectivity index (χ1) is 11.3. The number of aromatic carboxylic acids is 1. The lowest BCUT2D eigenvalue weighted by molar-refractivity contribution is 0.0697. The lowest BCUT2D eigenvalue weighted by Crippen LogP contribution is -2.04. The molecule has 122 valence electrons. The second kappa shape index (κ2) is 7.30. The molecule has 0 bridgehead atoms. The van der Waals surface area contributed by atoms with E-state index in [0.717, 1.165) is 0 Å². The second-order valence-electron chi connectivity index (χ2n) is 4.63. The van der Waals surface area contributed by atoms with Crippen LogP contribution in [0.3, 0.4) is 0 Å². The summed E-state index contributed by atoms with van der Waals surface area (Å²) in [5.74, 6) is -1.09. The Morgan fingerprint density at radius 2 is 1.75 bits per heavy atom. The third-order valence-electron chi connectivity index (χ3n) is 3.04. The van der Waals surface area contributed by atoms with E-state index in [1.165, 1.54) is 36.4 Å². The molecule has 2 rings (SSSR count). The molecule has 0 aliphatic carbocycles. The van der Waals surface area contributed by atoms with E-state index < -0.39 is 20.7 Å². The Kier molecular flexibility index (Phi) is 5.59. The van der Waals surface area contributed by atoms with Gasteiger partial charge in [-0.05, 0) is 57.9 Å². The second-order valence-corrected chi connectivity index (χ2v) is 8.28. The fourth-order valence-corrected chi connectivity index (χ4v) is 4.50. The van der Waals surface area contributed by atoms with Crippen LogP contribution in [0.25, 0.3) is 6.08 Å². The van der Waals surface area contributed by atoms with Crippen LogP contribution in [0.4, 0.5) is 0 Å². The number of hydrogen-bond acceptors (Lipinski definition) is 4. The van der Waals surface area contributed by atoms with E-state index in [9.17, 15) is 18.5 Å². The molecule has 0 heterocycles. The summed E-state index contributed by atoms with van der Waals surface area (Å²) in [5, 5.41) is 18.1. The van der Waals surface area contributed by atoms with Crippen LogP contribution in [0.5, 0.6) is 0 Å². The number of hydrogen-bond donors (Lipinski definition) is 1. The molecule has 0 radical (unpaired) electrons. The summed E-state index contributed by atoms with van der Waals surface area (Å²) in [6, 6.07) is 11.9. The molecule has 0 amide bonds. The number of carbonyl (C=O) groups is 1. The highest BCUT2D eigenvalue weighted by Gasteiger charge is 2.23. The zero-order valence-electron chi connectivity index (χ0n) is 11.9. The summed E-state index contributed by atoms with van der Waals surface area (Å²) < 4.78 is 26.3. The summed E-state index contributed by atoms with van der Waals surface area (Å²) in [6.07, 6.45) is 1.20. The summed E-state index contributed by atoms with van der Waals surface area (Å²) >= 11 is 6.38. The Balaban J connectivity index is 2.52. The third-order valence-corrected chi connectivity index (χ3v) is 6.19. The molecule has 24 heavy (non-hydrogen) atoms. The molecule has 2 aromatic carbocycles. The Bertz CT molecular complexity index is 974. The average Bonchev–Trinajstić information content (AvgIpc) is 2.55. The third kappa shape index (κ3) is 3.93. The molecule has 0 aromatic heterocycles. The van der Waals surface area contributed by atoms with Crippen LogP contribution < -0.4 is 0 Å². The molecule has 0 saturated heterocycles. The van der Waals surface area contributed by atoms with Gasteiger partial charge in [0.15, 0.2) is 0 Å². The molecule has 0 fully saturated rings. The number of carboxylic acid groups (broad SMARTS) is 1. The van der Waals surface area contributed by atoms with Crippen molar-refractivity contribution >= 4 is 53.7 Å². The molecule has 1 N–H and O–H groups in total. The van der Waals surface area contributed by atoms with Crippen molar-refractivity contribution in [2.75, 3.05) is 0 Å². The van der Waals surface area contributed by atoms with Crippen LogP contribution in [0, 0.1) is 11.3 Å². The van der Waals surface area contributed by atoms with Crippen LogP contribution in [0.2, 0.25) is 0 Å². The largest absolute Gasteiger partial charge is 0.478 e. The predicted octanol–water partition coefficient (Wildman–Crippen LogP) is 4.25. The Morgan fingerprint density at radius 3 is 2.29 bits per heavy atom. The maximum Gasteiger partial charge on any atom is 0.335 e. The molecular formula is C16H9Br2NO4S. The van der Waals surface area contributed by atoms with Gasteiger partial charge >= 0.3 is 5.97 Å². The van der Waals surface area contributed by atoms with Crippen LogP contribution in [0.15, 0.2) is 61.2 Å². The van der Waals surface area contributed by atoms with E-state index in [1.54, 1.807) is 18.2 Å². The van der Waals surface area contributed by atoms with E-state index >= 15 is 0 Å². The van der Waals surface area contributed by atoms with Gasteiger partial charge in [-0.1, -0.05) is 28.1 Å². The fraction of sp³-hybridized carbons (Fsp3) is 0. The Hall–Kier alpha value is -1.95. The van der Waals surface area contributed by atoms with Gasteiger partial charge < -0.3 is 5.11 Å². The molecule has 0 unspecified atom stereocenters. The summed E-state index contributed by atoms with van der Waals surface area (Å²) in [6.45, 7) is 0. The van der Waals surface area contributed by atoms with Crippen molar-refractivity contribution in [2.45, 2.75) is 4.90 Å². The van der Waals surface area contributed by atoms with Crippen molar-refractivity contribution in [2.24, 2.45) is 0 Å². The van der Waals surface area contributed by atoms with Crippen molar-refractivity contribution in [3.05, 3.63) is 67.4 Å². The zero-order chi connectivity index (χ0) is 17.9. The lowest BCUT2D eigenvalue weighted by Gasteiger charge is -2.06. The SMILES string of the molecule is N#C/C(=C\c1ccc(C(=O)O)cc1)S(=O)(=O)c1cc(Br)ccc1Br. The molecule has 0 spiro atoms.